The number of sulfonamides is 1. The Balaban J connectivity index is 1.86. The molecule has 28 heavy (non-hydrogen) atoms. The summed E-state index contributed by atoms with van der Waals surface area (Å²) in [5.41, 5.74) is 2.15. The molecule has 1 amide bonds. The first-order valence-corrected chi connectivity index (χ1v) is 10.6. The van der Waals surface area contributed by atoms with E-state index in [-0.39, 0.29) is 10.8 Å². The van der Waals surface area contributed by atoms with Crippen molar-refractivity contribution in [3.63, 3.8) is 0 Å². The van der Waals surface area contributed by atoms with Crippen molar-refractivity contribution in [1.82, 2.24) is 9.62 Å². The van der Waals surface area contributed by atoms with Crippen LogP contribution in [0.4, 0.5) is 0 Å². The van der Waals surface area contributed by atoms with Gasteiger partial charge in [0.05, 0.1) is 4.90 Å². The lowest BCUT2D eigenvalue weighted by Crippen LogP contribution is -2.28. The number of aryl methyl sites for hydroxylation is 1. The summed E-state index contributed by atoms with van der Waals surface area (Å²) < 4.78 is 27.0. The highest BCUT2D eigenvalue weighted by atomic mass is 32.2. The normalized spacial score (nSPS) is 11.5. The topological polar surface area (TPSA) is 66.5 Å². The van der Waals surface area contributed by atoms with E-state index in [0.29, 0.717) is 18.7 Å². The molecule has 6 heteroatoms. The fourth-order valence-electron chi connectivity index (χ4n) is 3.16. The lowest BCUT2D eigenvalue weighted by molar-refractivity contribution is 0.0784. The van der Waals surface area contributed by atoms with E-state index in [1.807, 2.05) is 36.4 Å². The van der Waals surface area contributed by atoms with Gasteiger partial charge >= 0.3 is 0 Å². The maximum Gasteiger partial charge on any atom is 0.254 e. The molecule has 0 atom stereocenters. The van der Waals surface area contributed by atoms with Crippen LogP contribution >= 0.6 is 0 Å². The van der Waals surface area contributed by atoms with Crippen molar-refractivity contribution < 1.29 is 13.2 Å². The Morgan fingerprint density at radius 1 is 1.00 bits per heavy atom. The summed E-state index contributed by atoms with van der Waals surface area (Å²) in [5, 5.41) is 2.27. The molecule has 3 aromatic rings. The molecule has 0 aliphatic rings. The molecule has 0 aliphatic heterocycles. The molecule has 0 spiro atoms. The number of carbonyl (C=O) groups excluding carboxylic acids is 1. The van der Waals surface area contributed by atoms with Crippen LogP contribution in [0.2, 0.25) is 0 Å². The van der Waals surface area contributed by atoms with Crippen LogP contribution in [0.3, 0.4) is 0 Å². The van der Waals surface area contributed by atoms with Crippen molar-refractivity contribution in [3.05, 3.63) is 77.4 Å². The Morgan fingerprint density at radius 3 is 2.43 bits per heavy atom. The maximum absolute atomic E-state index is 13.0. The first-order chi connectivity index (χ1) is 13.3. The van der Waals surface area contributed by atoms with Crippen molar-refractivity contribution in [1.29, 1.82) is 0 Å². The van der Waals surface area contributed by atoms with E-state index in [2.05, 4.69) is 10.8 Å². The summed E-state index contributed by atoms with van der Waals surface area (Å²) in [6.07, 6.45) is 0. The zero-order valence-electron chi connectivity index (χ0n) is 16.3. The summed E-state index contributed by atoms with van der Waals surface area (Å²) in [5.74, 6) is -0.209. The van der Waals surface area contributed by atoms with Crippen LogP contribution in [0.25, 0.3) is 10.8 Å². The number of carbonyl (C=O) groups is 1. The van der Waals surface area contributed by atoms with E-state index in [1.165, 1.54) is 12.1 Å². The van der Waals surface area contributed by atoms with E-state index >= 15 is 0 Å². The second-order valence-electron chi connectivity index (χ2n) is 6.82. The highest BCUT2D eigenvalue weighted by molar-refractivity contribution is 7.89. The van der Waals surface area contributed by atoms with E-state index in [1.54, 1.807) is 31.9 Å². The van der Waals surface area contributed by atoms with Crippen molar-refractivity contribution in [2.45, 2.75) is 25.3 Å². The lowest BCUT2D eigenvalue weighted by Gasteiger charge is -2.19. The van der Waals surface area contributed by atoms with Crippen LogP contribution in [0, 0.1) is 6.92 Å². The van der Waals surface area contributed by atoms with E-state index in [9.17, 15) is 13.2 Å². The zero-order chi connectivity index (χ0) is 20.3. The van der Waals surface area contributed by atoms with Gasteiger partial charge in [0.2, 0.25) is 10.0 Å². The number of benzene rings is 3. The predicted octanol–water partition coefficient (Wildman–Crippen LogP) is 3.72. The van der Waals surface area contributed by atoms with Gasteiger partial charge in [-0.2, -0.15) is 0 Å². The largest absolute Gasteiger partial charge is 0.337 e. The van der Waals surface area contributed by atoms with Crippen molar-refractivity contribution in [2.75, 3.05) is 13.6 Å². The van der Waals surface area contributed by atoms with Gasteiger partial charge in [-0.3, -0.25) is 4.79 Å². The smallest absolute Gasteiger partial charge is 0.254 e. The van der Waals surface area contributed by atoms with E-state index in [4.69, 9.17) is 0 Å². The van der Waals surface area contributed by atoms with Crippen molar-refractivity contribution >= 4 is 26.7 Å². The fourth-order valence-corrected chi connectivity index (χ4v) is 4.23. The van der Waals surface area contributed by atoms with Crippen LogP contribution in [-0.4, -0.2) is 32.8 Å². The lowest BCUT2D eigenvalue weighted by atomic mass is 10.1. The minimum absolute atomic E-state index is 0.0994. The third kappa shape index (κ3) is 4.24. The van der Waals surface area contributed by atoms with Gasteiger partial charge in [-0.15, -0.1) is 0 Å². The Hall–Kier alpha value is -2.70. The Bertz CT molecular complexity index is 1120. The molecule has 3 aromatic carbocycles. The maximum atomic E-state index is 13.0. The monoisotopic (exact) mass is 396 g/mol. The predicted molar refractivity (Wildman–Crippen MR) is 112 cm³/mol. The van der Waals surface area contributed by atoms with Crippen LogP contribution in [0.5, 0.6) is 0 Å². The number of nitrogens with zero attached hydrogens (tertiary/aromatic N) is 1. The van der Waals surface area contributed by atoms with Crippen LogP contribution in [0.1, 0.15) is 28.4 Å². The van der Waals surface area contributed by atoms with E-state index in [0.717, 1.165) is 21.9 Å². The molecule has 0 heterocycles. The standard InChI is InChI=1S/C22H24N2O3S/c1-4-23-28(26,27)20-12-9-16(2)21(14-20)22(25)24(3)15-17-10-11-18-7-5-6-8-19(18)13-17/h5-14,23H,4,15H2,1-3H3. The Morgan fingerprint density at radius 2 is 1.71 bits per heavy atom. The summed E-state index contributed by atoms with van der Waals surface area (Å²) in [7, 11) is -1.89. The van der Waals surface area contributed by atoms with Gasteiger partial charge in [-0.25, -0.2) is 13.1 Å². The van der Waals surface area contributed by atoms with Crippen LogP contribution < -0.4 is 4.72 Å². The highest BCUT2D eigenvalue weighted by Gasteiger charge is 2.19. The molecule has 0 saturated carbocycles. The van der Waals surface area contributed by atoms with Gasteiger partial charge < -0.3 is 4.90 Å². The molecule has 0 unspecified atom stereocenters. The van der Waals surface area contributed by atoms with Crippen LogP contribution in [0.15, 0.2) is 65.6 Å². The molecular weight excluding hydrogens is 372 g/mol. The number of fused-ring (bicyclic) bond motifs is 1. The second kappa shape index (κ2) is 8.12. The van der Waals surface area contributed by atoms with Crippen molar-refractivity contribution in [3.8, 4) is 0 Å². The molecule has 0 aliphatic carbocycles. The third-order valence-corrected chi connectivity index (χ3v) is 6.21. The first kappa shape index (κ1) is 20.0. The first-order valence-electron chi connectivity index (χ1n) is 9.15. The van der Waals surface area contributed by atoms with Crippen LogP contribution in [-0.2, 0) is 16.6 Å². The minimum Gasteiger partial charge on any atom is -0.337 e. The SMILES string of the molecule is CCNS(=O)(=O)c1ccc(C)c(C(=O)N(C)Cc2ccc3ccccc3c2)c1. The Kier molecular flexibility index (Phi) is 5.82. The average molecular weight is 397 g/mol. The summed E-state index contributed by atoms with van der Waals surface area (Å²) in [6, 6.07) is 18.8. The second-order valence-corrected chi connectivity index (χ2v) is 8.59. The molecule has 0 fully saturated rings. The quantitative estimate of drug-likeness (QED) is 0.691. The molecule has 0 bridgehead atoms. The fraction of sp³-hybridized carbons (Fsp3) is 0.227. The van der Waals surface area contributed by atoms with E-state index < -0.39 is 10.0 Å². The molecule has 0 saturated heterocycles. The zero-order valence-corrected chi connectivity index (χ0v) is 17.1. The van der Waals surface area contributed by atoms with Gasteiger partial charge in [0.1, 0.15) is 0 Å². The van der Waals surface area contributed by atoms with Gasteiger partial charge in [-0.05, 0) is 47.0 Å². The average Bonchev–Trinajstić information content (AvgIpc) is 2.67. The number of hydrogen-bond donors (Lipinski definition) is 1. The number of rotatable bonds is 6. The molecule has 146 valence electrons. The van der Waals surface area contributed by atoms with Gasteiger partial charge in [-0.1, -0.05) is 49.4 Å². The molecule has 5 nitrogen and oxygen atoms in total. The van der Waals surface area contributed by atoms with Gasteiger partial charge in [0.15, 0.2) is 0 Å². The summed E-state index contributed by atoms with van der Waals surface area (Å²) in [6.45, 7) is 4.25. The van der Waals surface area contributed by atoms with Gasteiger partial charge in [0.25, 0.3) is 5.91 Å². The number of amides is 1. The minimum atomic E-state index is -3.61. The summed E-state index contributed by atoms with van der Waals surface area (Å²) >= 11 is 0. The molecule has 3 rings (SSSR count). The molecule has 1 N–H and O–H groups in total. The molecule has 0 aromatic heterocycles. The Labute approximate surface area is 166 Å². The number of hydrogen-bond acceptors (Lipinski definition) is 3. The molecule has 0 radical (unpaired) electrons. The molecular formula is C22H24N2O3S. The summed E-state index contributed by atoms with van der Waals surface area (Å²) in [4.78, 5) is 14.7. The highest BCUT2D eigenvalue weighted by Crippen LogP contribution is 2.20. The number of nitrogens with one attached hydrogen (secondary N) is 1. The third-order valence-electron chi connectivity index (χ3n) is 4.66. The van der Waals surface area contributed by atoms with Crippen molar-refractivity contribution in [2.24, 2.45) is 0 Å². The van der Waals surface area contributed by atoms with Gasteiger partial charge in [0, 0.05) is 25.7 Å².